The topological polar surface area (TPSA) is 53.2 Å². The quantitative estimate of drug-likeness (QED) is 0.532. The lowest BCUT2D eigenvalue weighted by Gasteiger charge is -2.14. The standard InChI is InChI=1S/C23H23N3OS/c27-22(25-17-19-11-5-2-6-12-19)20-13-7-8-14-21(20)26-23(28)24-16-15-18-9-3-1-4-10-18/h1-14H,15-17H2,(H,25,27)(H2,24,26,28). The number of hydrogen-bond donors (Lipinski definition) is 3. The molecule has 3 aromatic rings. The third-order valence-corrected chi connectivity index (χ3v) is 4.50. The van der Waals surface area contributed by atoms with E-state index in [4.69, 9.17) is 12.2 Å². The van der Waals surface area contributed by atoms with Crippen molar-refractivity contribution < 1.29 is 4.79 Å². The highest BCUT2D eigenvalue weighted by Gasteiger charge is 2.11. The van der Waals surface area contributed by atoms with Crippen LogP contribution in [0, 0.1) is 0 Å². The van der Waals surface area contributed by atoms with E-state index in [1.165, 1.54) is 5.56 Å². The molecule has 142 valence electrons. The van der Waals surface area contributed by atoms with Crippen LogP contribution in [0.3, 0.4) is 0 Å². The molecule has 5 heteroatoms. The van der Waals surface area contributed by atoms with Gasteiger partial charge in [-0.15, -0.1) is 0 Å². The van der Waals surface area contributed by atoms with E-state index in [-0.39, 0.29) is 5.91 Å². The minimum absolute atomic E-state index is 0.140. The van der Waals surface area contributed by atoms with E-state index < -0.39 is 0 Å². The van der Waals surface area contributed by atoms with Gasteiger partial charge in [0.05, 0.1) is 11.3 Å². The Bertz CT molecular complexity index is 913. The number of nitrogens with one attached hydrogen (secondary N) is 3. The summed E-state index contributed by atoms with van der Waals surface area (Å²) in [6.45, 7) is 1.20. The molecule has 3 N–H and O–H groups in total. The maximum absolute atomic E-state index is 12.6. The van der Waals surface area contributed by atoms with Crippen molar-refractivity contribution in [3.63, 3.8) is 0 Å². The molecule has 28 heavy (non-hydrogen) atoms. The lowest BCUT2D eigenvalue weighted by atomic mass is 10.1. The average Bonchev–Trinajstić information content (AvgIpc) is 2.74. The average molecular weight is 390 g/mol. The molecule has 0 heterocycles. The highest BCUT2D eigenvalue weighted by molar-refractivity contribution is 7.80. The second-order valence-electron chi connectivity index (χ2n) is 6.33. The predicted molar refractivity (Wildman–Crippen MR) is 118 cm³/mol. The molecule has 0 saturated heterocycles. The van der Waals surface area contributed by atoms with Crippen molar-refractivity contribution in [2.75, 3.05) is 11.9 Å². The lowest BCUT2D eigenvalue weighted by molar-refractivity contribution is 0.0952. The van der Waals surface area contributed by atoms with Crippen LogP contribution in [0.15, 0.2) is 84.9 Å². The molecule has 0 saturated carbocycles. The maximum atomic E-state index is 12.6. The van der Waals surface area contributed by atoms with Crippen LogP contribution >= 0.6 is 12.2 Å². The van der Waals surface area contributed by atoms with Gasteiger partial charge in [0.2, 0.25) is 0 Å². The van der Waals surface area contributed by atoms with Crippen LogP contribution in [-0.2, 0) is 13.0 Å². The second-order valence-corrected chi connectivity index (χ2v) is 6.74. The first-order valence-electron chi connectivity index (χ1n) is 9.22. The predicted octanol–water partition coefficient (Wildman–Crippen LogP) is 4.15. The molecular weight excluding hydrogens is 366 g/mol. The van der Waals surface area contributed by atoms with Crippen molar-refractivity contribution >= 4 is 28.9 Å². The number of carbonyl (C=O) groups is 1. The van der Waals surface area contributed by atoms with Crippen LogP contribution in [0.1, 0.15) is 21.5 Å². The van der Waals surface area contributed by atoms with Gasteiger partial charge in [-0.2, -0.15) is 0 Å². The van der Waals surface area contributed by atoms with Crippen molar-refractivity contribution in [1.29, 1.82) is 0 Å². The molecule has 0 radical (unpaired) electrons. The van der Waals surface area contributed by atoms with Gasteiger partial charge in [-0.1, -0.05) is 72.8 Å². The van der Waals surface area contributed by atoms with Crippen molar-refractivity contribution in [3.05, 3.63) is 102 Å². The number of thiocarbonyl (C=S) groups is 1. The number of carbonyl (C=O) groups excluding carboxylic acids is 1. The van der Waals surface area contributed by atoms with Crippen molar-refractivity contribution in [2.24, 2.45) is 0 Å². The summed E-state index contributed by atoms with van der Waals surface area (Å²) in [5.41, 5.74) is 3.55. The summed E-state index contributed by atoms with van der Waals surface area (Å²) >= 11 is 5.38. The Morgan fingerprint density at radius 1 is 0.750 bits per heavy atom. The Labute approximate surface area is 171 Å². The molecule has 3 rings (SSSR count). The van der Waals surface area contributed by atoms with Crippen LogP contribution in [0.4, 0.5) is 5.69 Å². The Kier molecular flexibility index (Phi) is 7.15. The molecule has 0 bridgehead atoms. The van der Waals surface area contributed by atoms with Gasteiger partial charge in [0.1, 0.15) is 0 Å². The SMILES string of the molecule is O=C(NCc1ccccc1)c1ccccc1NC(=S)NCCc1ccccc1. The minimum atomic E-state index is -0.140. The van der Waals surface area contributed by atoms with Crippen molar-refractivity contribution in [3.8, 4) is 0 Å². The van der Waals surface area contributed by atoms with Crippen LogP contribution in [0.2, 0.25) is 0 Å². The summed E-state index contributed by atoms with van der Waals surface area (Å²) in [7, 11) is 0. The Morgan fingerprint density at radius 2 is 1.36 bits per heavy atom. The third-order valence-electron chi connectivity index (χ3n) is 4.26. The maximum Gasteiger partial charge on any atom is 0.253 e. The zero-order valence-electron chi connectivity index (χ0n) is 15.5. The van der Waals surface area contributed by atoms with Gasteiger partial charge >= 0.3 is 0 Å². The monoisotopic (exact) mass is 389 g/mol. The van der Waals surface area contributed by atoms with Gasteiger partial charge in [0, 0.05) is 13.1 Å². The number of benzene rings is 3. The van der Waals surface area contributed by atoms with Crippen molar-refractivity contribution in [2.45, 2.75) is 13.0 Å². The largest absolute Gasteiger partial charge is 0.362 e. The highest BCUT2D eigenvalue weighted by atomic mass is 32.1. The van der Waals surface area contributed by atoms with Crippen LogP contribution in [-0.4, -0.2) is 17.6 Å². The number of para-hydroxylation sites is 1. The normalized spacial score (nSPS) is 10.1. The summed E-state index contributed by atoms with van der Waals surface area (Å²) in [5, 5.41) is 9.78. The fourth-order valence-electron chi connectivity index (χ4n) is 2.80. The fourth-order valence-corrected chi connectivity index (χ4v) is 3.01. The first-order chi connectivity index (χ1) is 13.7. The fraction of sp³-hybridized carbons (Fsp3) is 0.130. The number of hydrogen-bond acceptors (Lipinski definition) is 2. The van der Waals surface area contributed by atoms with Crippen molar-refractivity contribution in [1.82, 2.24) is 10.6 Å². The van der Waals surface area contributed by atoms with Gasteiger partial charge in [0.15, 0.2) is 5.11 Å². The third kappa shape index (κ3) is 5.93. The van der Waals surface area contributed by atoms with E-state index >= 15 is 0 Å². The van der Waals surface area contributed by atoms with E-state index in [2.05, 4.69) is 28.1 Å². The molecule has 0 unspecified atom stereocenters. The first kappa shape index (κ1) is 19.6. The zero-order chi connectivity index (χ0) is 19.6. The van der Waals surface area contributed by atoms with Crippen LogP contribution < -0.4 is 16.0 Å². The van der Waals surface area contributed by atoms with Gasteiger partial charge in [-0.3, -0.25) is 4.79 Å². The Hall–Kier alpha value is -3.18. The van der Waals surface area contributed by atoms with E-state index in [1.807, 2.05) is 66.7 Å². The number of amides is 1. The molecule has 0 atom stereocenters. The van der Waals surface area contributed by atoms with Gasteiger partial charge < -0.3 is 16.0 Å². The molecule has 0 aliphatic carbocycles. The van der Waals surface area contributed by atoms with E-state index in [0.717, 1.165) is 18.5 Å². The molecule has 0 aliphatic heterocycles. The Morgan fingerprint density at radius 3 is 2.07 bits per heavy atom. The molecule has 4 nitrogen and oxygen atoms in total. The van der Waals surface area contributed by atoms with Gasteiger partial charge in [-0.25, -0.2) is 0 Å². The summed E-state index contributed by atoms with van der Waals surface area (Å²) in [5.74, 6) is -0.140. The van der Waals surface area contributed by atoms with Gasteiger partial charge in [0.25, 0.3) is 5.91 Å². The molecule has 0 aromatic heterocycles. The smallest absolute Gasteiger partial charge is 0.253 e. The molecule has 0 aliphatic rings. The minimum Gasteiger partial charge on any atom is -0.362 e. The second kappa shape index (κ2) is 10.2. The van der Waals surface area contributed by atoms with Crippen LogP contribution in [0.25, 0.3) is 0 Å². The first-order valence-corrected chi connectivity index (χ1v) is 9.63. The molecule has 3 aromatic carbocycles. The Balaban J connectivity index is 1.54. The molecular formula is C23H23N3OS. The summed E-state index contributed by atoms with van der Waals surface area (Å²) < 4.78 is 0. The molecule has 0 fully saturated rings. The van der Waals surface area contributed by atoms with Gasteiger partial charge in [-0.05, 0) is 41.9 Å². The zero-order valence-corrected chi connectivity index (χ0v) is 16.3. The van der Waals surface area contributed by atoms with E-state index in [9.17, 15) is 4.79 Å². The highest BCUT2D eigenvalue weighted by Crippen LogP contribution is 2.15. The van der Waals surface area contributed by atoms with Crippen LogP contribution in [0.5, 0.6) is 0 Å². The van der Waals surface area contributed by atoms with E-state index in [0.29, 0.717) is 22.9 Å². The summed E-state index contributed by atoms with van der Waals surface area (Å²) in [6, 6.07) is 27.4. The number of rotatable bonds is 7. The summed E-state index contributed by atoms with van der Waals surface area (Å²) in [4.78, 5) is 12.6. The summed E-state index contributed by atoms with van der Waals surface area (Å²) in [6.07, 6.45) is 0.877. The number of anilines is 1. The molecule has 1 amide bonds. The molecule has 0 spiro atoms. The lowest BCUT2D eigenvalue weighted by Crippen LogP contribution is -2.31. The van der Waals surface area contributed by atoms with E-state index in [1.54, 1.807) is 6.07 Å².